The van der Waals surface area contributed by atoms with Crippen molar-refractivity contribution in [2.75, 3.05) is 0 Å². The fourth-order valence-corrected chi connectivity index (χ4v) is 5.12. The molecule has 0 heterocycles. The quantitative estimate of drug-likeness (QED) is 0.295. The fourth-order valence-electron chi connectivity index (χ4n) is 1.15. The van der Waals surface area contributed by atoms with Crippen molar-refractivity contribution in [2.45, 2.75) is 23.5 Å². The Morgan fingerprint density at radius 1 is 0.810 bits per heavy atom. The van der Waals surface area contributed by atoms with Gasteiger partial charge in [-0.25, -0.2) is 0 Å². The summed E-state index contributed by atoms with van der Waals surface area (Å²) in [6, 6.07) is 11.0. The van der Waals surface area contributed by atoms with E-state index in [1.807, 2.05) is 0 Å². The van der Waals surface area contributed by atoms with Crippen molar-refractivity contribution in [3.8, 4) is 0 Å². The summed E-state index contributed by atoms with van der Waals surface area (Å²) in [5.74, 6) is 0. The molecule has 0 aliphatic heterocycles. The van der Waals surface area contributed by atoms with Crippen LogP contribution < -0.4 is 3.95 Å². The van der Waals surface area contributed by atoms with Gasteiger partial charge in [0.05, 0.1) is 0 Å². The number of rotatable bonds is 3. The Hall–Kier alpha value is 0.968. The molecular formula is C10H21MoO6P2S2. The van der Waals surface area contributed by atoms with Crippen LogP contribution in [0, 0.1) is 0 Å². The van der Waals surface area contributed by atoms with Crippen LogP contribution in [-0.2, 0) is 40.9 Å². The molecule has 21 heavy (non-hydrogen) atoms. The molecule has 0 aliphatic carbocycles. The number of hydrogen-bond donors (Lipinski definition) is 6. The third-order valence-corrected chi connectivity index (χ3v) is 7.51. The summed E-state index contributed by atoms with van der Waals surface area (Å²) in [5.41, 5.74) is 0. The first-order valence-electron chi connectivity index (χ1n) is 5.67. The van der Waals surface area contributed by atoms with E-state index in [4.69, 9.17) is 29.4 Å². The van der Waals surface area contributed by atoms with Crippen LogP contribution in [0.3, 0.4) is 0 Å². The van der Waals surface area contributed by atoms with Crippen LogP contribution in [0.2, 0.25) is 9.62 Å². The largest absolute Gasteiger partial charge is 0.325 e. The van der Waals surface area contributed by atoms with Crippen LogP contribution in [0.1, 0.15) is 13.8 Å². The molecule has 0 radical (unpaired) electrons. The Labute approximate surface area is 141 Å². The van der Waals surface area contributed by atoms with Gasteiger partial charge in [0.15, 0.2) is 0 Å². The second kappa shape index (κ2) is 12.4. The third kappa shape index (κ3) is 26.2. The Morgan fingerprint density at radius 3 is 1.33 bits per heavy atom. The molecule has 6 nitrogen and oxygen atoms in total. The molecule has 0 spiro atoms. The summed E-state index contributed by atoms with van der Waals surface area (Å²) in [6.45, 7) is -2.96. The fraction of sp³-hybridized carbons (Fsp3) is 0.400. The van der Waals surface area contributed by atoms with Crippen molar-refractivity contribution >= 4 is 41.0 Å². The van der Waals surface area contributed by atoms with Crippen LogP contribution in [0.4, 0.5) is 0 Å². The van der Waals surface area contributed by atoms with Gasteiger partial charge in [0.1, 0.15) is 0 Å². The normalized spacial score (nSPS) is 11.1. The zero-order valence-corrected chi connectivity index (χ0v) is 17.0. The zero-order chi connectivity index (χ0) is 17.1. The van der Waals surface area contributed by atoms with E-state index < -0.39 is 30.7 Å². The Morgan fingerprint density at radius 2 is 1.10 bits per heavy atom. The molecule has 0 saturated carbocycles. The molecule has 125 valence electrons. The summed E-state index contributed by atoms with van der Waals surface area (Å²) in [6.07, 6.45) is 0. The van der Waals surface area contributed by atoms with Gasteiger partial charge in [-0.15, -0.1) is 0 Å². The second-order valence-electron chi connectivity index (χ2n) is 3.41. The van der Waals surface area contributed by atoms with Gasteiger partial charge in [0.25, 0.3) is 0 Å². The SMILES string of the molecule is C[CH2][Mo]([CH2]C)[c]1ccccc1.OP(O)(O)=S.OP(O)(O)=S. The monoisotopic (exact) mass is 461 g/mol. The minimum Gasteiger partial charge on any atom is -0.325 e. The minimum absolute atomic E-state index is 0.844. The van der Waals surface area contributed by atoms with E-state index in [-0.39, 0.29) is 0 Å². The molecule has 11 heteroatoms. The average Bonchev–Trinajstić information content (AvgIpc) is 2.27. The third-order valence-electron chi connectivity index (χ3n) is 1.77. The number of hydrogen-bond acceptors (Lipinski definition) is 2. The van der Waals surface area contributed by atoms with Crippen LogP contribution in [-0.4, -0.2) is 29.4 Å². The maximum atomic E-state index is 7.56. The molecule has 0 atom stereocenters. The maximum absolute atomic E-state index is 7.56. The van der Waals surface area contributed by atoms with Crippen LogP contribution in [0.15, 0.2) is 30.3 Å². The van der Waals surface area contributed by atoms with Gasteiger partial charge in [-0.1, -0.05) is 0 Å². The molecule has 0 amide bonds. The summed E-state index contributed by atoms with van der Waals surface area (Å²) < 4.78 is 1.65. The van der Waals surface area contributed by atoms with Crippen molar-refractivity contribution in [1.82, 2.24) is 0 Å². The molecule has 1 aromatic rings. The van der Waals surface area contributed by atoms with Gasteiger partial charge in [-0.05, 0) is 23.6 Å². The molecule has 1 aromatic carbocycles. The molecule has 0 fully saturated rings. The summed E-state index contributed by atoms with van der Waals surface area (Å²) in [7, 11) is 0. The van der Waals surface area contributed by atoms with E-state index in [1.54, 1.807) is 3.95 Å². The van der Waals surface area contributed by atoms with E-state index in [2.05, 4.69) is 67.8 Å². The van der Waals surface area contributed by atoms with Gasteiger partial charge in [0, 0.05) is 0 Å². The predicted octanol–water partition coefficient (Wildman–Crippen LogP) is 1.18. The summed E-state index contributed by atoms with van der Waals surface area (Å²) in [4.78, 5) is 48.2. The van der Waals surface area contributed by atoms with Crippen molar-refractivity contribution in [1.29, 1.82) is 0 Å². The van der Waals surface area contributed by atoms with Crippen LogP contribution in [0.5, 0.6) is 0 Å². The van der Waals surface area contributed by atoms with Crippen molar-refractivity contribution < 1.29 is 46.7 Å². The molecule has 1 rings (SSSR count). The van der Waals surface area contributed by atoms with Crippen LogP contribution >= 0.6 is 13.4 Å². The smallest absolute Gasteiger partial charge is 0.319 e. The van der Waals surface area contributed by atoms with E-state index in [0.29, 0.717) is 0 Å². The molecule has 0 saturated heterocycles. The van der Waals surface area contributed by atoms with E-state index >= 15 is 0 Å². The first-order valence-corrected chi connectivity index (χ1v) is 14.8. The first kappa shape index (κ1) is 24.2. The maximum Gasteiger partial charge on any atom is 0.319 e. The molecule has 0 aromatic heterocycles. The van der Waals surface area contributed by atoms with Gasteiger partial charge in [-0.3, -0.25) is 0 Å². The van der Waals surface area contributed by atoms with Crippen LogP contribution in [0.25, 0.3) is 0 Å². The van der Waals surface area contributed by atoms with E-state index in [9.17, 15) is 0 Å². The topological polar surface area (TPSA) is 121 Å². The minimum atomic E-state index is -3.81. The van der Waals surface area contributed by atoms with Crippen molar-refractivity contribution in [3.05, 3.63) is 30.3 Å². The molecule has 0 unspecified atom stereocenters. The Balaban J connectivity index is 0. The van der Waals surface area contributed by atoms with E-state index in [0.717, 1.165) is 0 Å². The Bertz CT molecular complexity index is 423. The predicted molar refractivity (Wildman–Crippen MR) is 88.9 cm³/mol. The Kier molecular flexibility index (Phi) is 14.3. The average molecular weight is 459 g/mol. The van der Waals surface area contributed by atoms with Gasteiger partial charge < -0.3 is 29.4 Å². The standard InChI is InChI=1S/C6H5.2C2H5.Mo.2H3O3PS/c1-2-4-6-5-3-1;2*1-2;;2*1-4(2,3)5/h1-5H;2*1H2,2H3;;2*(H3,1,2,3,5). The molecule has 0 bridgehead atoms. The van der Waals surface area contributed by atoms with Gasteiger partial charge >= 0.3 is 88.5 Å². The first-order chi connectivity index (χ1) is 9.38. The van der Waals surface area contributed by atoms with E-state index in [1.165, 1.54) is 9.62 Å². The molecule has 0 aliphatic rings. The van der Waals surface area contributed by atoms with Gasteiger partial charge in [0.2, 0.25) is 0 Å². The molecular weight excluding hydrogens is 438 g/mol. The van der Waals surface area contributed by atoms with Crippen molar-refractivity contribution in [3.63, 3.8) is 0 Å². The van der Waals surface area contributed by atoms with Gasteiger partial charge in [-0.2, -0.15) is 0 Å². The molecule has 6 N–H and O–H groups in total. The summed E-state index contributed by atoms with van der Waals surface area (Å²) >= 11 is 6.36. The zero-order valence-electron chi connectivity index (χ0n) is 11.6. The summed E-state index contributed by atoms with van der Waals surface area (Å²) in [5, 5.41) is 0. The second-order valence-corrected chi connectivity index (χ2v) is 14.8. The van der Waals surface area contributed by atoms with Crippen molar-refractivity contribution in [2.24, 2.45) is 0 Å². The number of benzene rings is 1.